The van der Waals surface area contributed by atoms with Crippen LogP contribution in [0.5, 0.6) is 0 Å². The maximum absolute atomic E-state index is 8.34. The summed E-state index contributed by atoms with van der Waals surface area (Å²) >= 11 is 5.69. The lowest BCUT2D eigenvalue weighted by atomic mass is 10.2. The van der Waals surface area contributed by atoms with E-state index in [1.807, 2.05) is 0 Å². The van der Waals surface area contributed by atoms with E-state index in [0.29, 0.717) is 10.9 Å². The molecule has 1 aromatic carbocycles. The second-order valence-electron chi connectivity index (χ2n) is 2.23. The lowest BCUT2D eigenvalue weighted by molar-refractivity contribution is 0.405. The normalized spacial score (nSPS) is 10.7. The van der Waals surface area contributed by atoms with Crippen molar-refractivity contribution in [1.82, 2.24) is 0 Å². The third-order valence-corrected chi connectivity index (χ3v) is 1.69. The molecule has 0 saturated carbocycles. The minimum absolute atomic E-state index is 0.291. The number of nitriles is 1. The highest BCUT2D eigenvalue weighted by Crippen LogP contribution is 2.10. The number of nitrogens with zero attached hydrogens (tertiary/aromatic N) is 2. The van der Waals surface area contributed by atoms with Gasteiger partial charge in [0.2, 0.25) is 12.1 Å². The highest BCUT2D eigenvalue weighted by Gasteiger charge is 2.01. The van der Waals surface area contributed by atoms with Crippen LogP contribution >= 0.6 is 11.6 Å². The molecule has 3 nitrogen and oxygen atoms in total. The molecule has 0 bridgehead atoms. The molecule has 1 aromatic rings. The molecule has 66 valence electrons. The van der Waals surface area contributed by atoms with Gasteiger partial charge in [-0.3, -0.25) is 0 Å². The van der Waals surface area contributed by atoms with Crippen molar-refractivity contribution in [2.45, 2.75) is 0 Å². The second-order valence-corrected chi connectivity index (χ2v) is 2.66. The molecular formula is C9H7ClN2O. The average Bonchev–Trinajstić information content (AvgIpc) is 2.16. The van der Waals surface area contributed by atoms with Crippen LogP contribution in [0.3, 0.4) is 0 Å². The first-order chi connectivity index (χ1) is 6.27. The molecule has 0 heterocycles. The minimum Gasteiger partial charge on any atom is -0.480 e. The summed E-state index contributed by atoms with van der Waals surface area (Å²) in [6, 6.07) is 6.90. The smallest absolute Gasteiger partial charge is 0.231 e. The minimum atomic E-state index is 0.291. The molecule has 13 heavy (non-hydrogen) atoms. The molecule has 1 rings (SSSR count). The van der Waals surface area contributed by atoms with E-state index in [0.717, 1.165) is 5.56 Å². The monoisotopic (exact) mass is 194 g/mol. The van der Waals surface area contributed by atoms with Crippen molar-refractivity contribution in [2.24, 2.45) is 4.99 Å². The summed E-state index contributed by atoms with van der Waals surface area (Å²) in [5.74, 6) is 0.291. The topological polar surface area (TPSA) is 45.4 Å². The Morgan fingerprint density at radius 3 is 2.54 bits per heavy atom. The van der Waals surface area contributed by atoms with Crippen molar-refractivity contribution >= 4 is 17.5 Å². The molecule has 0 unspecified atom stereocenters. The van der Waals surface area contributed by atoms with E-state index in [4.69, 9.17) is 21.6 Å². The predicted octanol–water partition coefficient (Wildman–Crippen LogP) is 2.21. The molecule has 0 amide bonds. The van der Waals surface area contributed by atoms with Gasteiger partial charge in [0.15, 0.2) is 0 Å². The Hall–Kier alpha value is -1.53. The number of halogens is 1. The number of methoxy groups -OCH3 is 1. The van der Waals surface area contributed by atoms with Crippen molar-refractivity contribution in [3.05, 3.63) is 34.9 Å². The van der Waals surface area contributed by atoms with Gasteiger partial charge in [-0.2, -0.15) is 5.26 Å². The lowest BCUT2D eigenvalue weighted by Gasteiger charge is -2.01. The van der Waals surface area contributed by atoms with E-state index < -0.39 is 0 Å². The quantitative estimate of drug-likeness (QED) is 0.391. The van der Waals surface area contributed by atoms with Gasteiger partial charge in [0.25, 0.3) is 0 Å². The Labute approximate surface area is 81.2 Å². The van der Waals surface area contributed by atoms with Crippen molar-refractivity contribution < 1.29 is 4.74 Å². The molecule has 4 heteroatoms. The molecule has 0 aliphatic heterocycles. The third kappa shape index (κ3) is 2.46. The van der Waals surface area contributed by atoms with Crippen LogP contribution in [0.15, 0.2) is 29.3 Å². The largest absolute Gasteiger partial charge is 0.480 e. The van der Waals surface area contributed by atoms with Crippen LogP contribution in [-0.4, -0.2) is 13.0 Å². The molecule has 0 aromatic heterocycles. The maximum Gasteiger partial charge on any atom is 0.231 e. The fourth-order valence-electron chi connectivity index (χ4n) is 0.866. The van der Waals surface area contributed by atoms with Gasteiger partial charge in [-0.15, -0.1) is 4.99 Å². The van der Waals surface area contributed by atoms with Crippen molar-refractivity contribution in [3.8, 4) is 6.19 Å². The summed E-state index contributed by atoms with van der Waals surface area (Å²) in [4.78, 5) is 3.50. The van der Waals surface area contributed by atoms with Crippen LogP contribution in [0.1, 0.15) is 5.56 Å². The Morgan fingerprint density at radius 2 is 2.08 bits per heavy atom. The Balaban J connectivity index is 3.01. The van der Waals surface area contributed by atoms with Crippen molar-refractivity contribution in [3.63, 3.8) is 0 Å². The standard InChI is InChI=1S/C9H7ClN2O/c1-13-9(12-6-11)7-2-4-8(10)5-3-7/h2-5H,1H3. The molecular weight excluding hydrogens is 188 g/mol. The fourth-order valence-corrected chi connectivity index (χ4v) is 0.992. The van der Waals surface area contributed by atoms with E-state index in [-0.39, 0.29) is 0 Å². The summed E-state index contributed by atoms with van der Waals surface area (Å²) in [5, 5.41) is 8.98. The molecule has 0 atom stereocenters. The summed E-state index contributed by atoms with van der Waals surface area (Å²) in [5.41, 5.74) is 0.730. The van der Waals surface area contributed by atoms with Crippen molar-refractivity contribution in [1.29, 1.82) is 5.26 Å². The van der Waals surface area contributed by atoms with Gasteiger partial charge >= 0.3 is 0 Å². The first-order valence-corrected chi connectivity index (χ1v) is 3.92. The molecule has 0 radical (unpaired) electrons. The Morgan fingerprint density at radius 1 is 1.46 bits per heavy atom. The van der Waals surface area contributed by atoms with Crippen LogP contribution < -0.4 is 0 Å². The van der Waals surface area contributed by atoms with E-state index in [1.54, 1.807) is 30.5 Å². The molecule has 0 spiro atoms. The SMILES string of the molecule is COC(=NC#N)c1ccc(Cl)cc1. The Kier molecular flexibility index (Phi) is 3.30. The lowest BCUT2D eigenvalue weighted by Crippen LogP contribution is -2.02. The first kappa shape index (κ1) is 9.56. The number of hydrogen-bond donors (Lipinski definition) is 0. The molecule has 0 fully saturated rings. The number of benzene rings is 1. The van der Waals surface area contributed by atoms with Crippen LogP contribution in [-0.2, 0) is 4.74 Å². The highest BCUT2D eigenvalue weighted by molar-refractivity contribution is 6.30. The van der Waals surface area contributed by atoms with Crippen molar-refractivity contribution in [2.75, 3.05) is 7.11 Å². The van der Waals surface area contributed by atoms with Gasteiger partial charge in [0.05, 0.1) is 7.11 Å². The zero-order chi connectivity index (χ0) is 9.68. The van der Waals surface area contributed by atoms with Gasteiger partial charge in [-0.05, 0) is 24.3 Å². The summed E-state index contributed by atoms with van der Waals surface area (Å²) in [6.07, 6.45) is 1.66. The van der Waals surface area contributed by atoms with Gasteiger partial charge in [0.1, 0.15) is 0 Å². The number of hydrogen-bond acceptors (Lipinski definition) is 3. The molecule has 0 aliphatic rings. The number of aliphatic imine (C=N–C) groups is 1. The van der Waals surface area contributed by atoms with E-state index in [2.05, 4.69) is 4.99 Å². The van der Waals surface area contributed by atoms with Crippen LogP contribution in [0, 0.1) is 11.5 Å². The zero-order valence-electron chi connectivity index (χ0n) is 6.99. The number of rotatable bonds is 1. The second kappa shape index (κ2) is 4.48. The van der Waals surface area contributed by atoms with Gasteiger partial charge in [-0.1, -0.05) is 11.6 Å². The third-order valence-electron chi connectivity index (χ3n) is 1.44. The average molecular weight is 195 g/mol. The predicted molar refractivity (Wildman–Crippen MR) is 50.6 cm³/mol. The number of ether oxygens (including phenoxy) is 1. The van der Waals surface area contributed by atoms with Gasteiger partial charge in [-0.25, -0.2) is 0 Å². The zero-order valence-corrected chi connectivity index (χ0v) is 7.75. The maximum atomic E-state index is 8.34. The van der Waals surface area contributed by atoms with E-state index in [1.165, 1.54) is 7.11 Å². The highest BCUT2D eigenvalue weighted by atomic mass is 35.5. The van der Waals surface area contributed by atoms with E-state index >= 15 is 0 Å². The Bertz CT molecular complexity index is 351. The molecule has 0 saturated heterocycles. The summed E-state index contributed by atoms with van der Waals surface area (Å²) in [7, 11) is 1.46. The summed E-state index contributed by atoms with van der Waals surface area (Å²) < 4.78 is 4.90. The van der Waals surface area contributed by atoms with Gasteiger partial charge < -0.3 is 4.74 Å². The van der Waals surface area contributed by atoms with Crippen LogP contribution in [0.2, 0.25) is 5.02 Å². The summed E-state index contributed by atoms with van der Waals surface area (Å²) in [6.45, 7) is 0. The van der Waals surface area contributed by atoms with Crippen LogP contribution in [0.25, 0.3) is 0 Å². The van der Waals surface area contributed by atoms with Gasteiger partial charge in [0, 0.05) is 10.6 Å². The molecule has 0 N–H and O–H groups in total. The fraction of sp³-hybridized carbons (Fsp3) is 0.111. The van der Waals surface area contributed by atoms with Crippen LogP contribution in [0.4, 0.5) is 0 Å². The first-order valence-electron chi connectivity index (χ1n) is 3.54. The van der Waals surface area contributed by atoms with E-state index in [9.17, 15) is 0 Å². The molecule has 0 aliphatic carbocycles.